The molecule has 0 saturated carbocycles. The highest BCUT2D eigenvalue weighted by molar-refractivity contribution is 7.16. The molecule has 0 bridgehead atoms. The fraction of sp³-hybridized carbons (Fsp3) is 0.353. The molecule has 0 spiro atoms. The number of likely N-dealkylation sites (tertiary alicyclic amines) is 1. The van der Waals surface area contributed by atoms with E-state index < -0.39 is 18.0 Å². The average molecular weight is 381 g/mol. The van der Waals surface area contributed by atoms with Gasteiger partial charge in [0.05, 0.1) is 11.4 Å². The molecule has 132 valence electrons. The summed E-state index contributed by atoms with van der Waals surface area (Å²) in [5.74, 6) is -0.180. The van der Waals surface area contributed by atoms with Crippen molar-refractivity contribution in [1.29, 1.82) is 0 Å². The predicted molar refractivity (Wildman–Crippen MR) is 95.6 cm³/mol. The predicted octanol–water partition coefficient (Wildman–Crippen LogP) is 3.78. The Morgan fingerprint density at radius 1 is 1.28 bits per heavy atom. The fourth-order valence-electron chi connectivity index (χ4n) is 3.21. The molecule has 6 nitrogen and oxygen atoms in total. The van der Waals surface area contributed by atoms with Gasteiger partial charge in [0.15, 0.2) is 0 Å². The Morgan fingerprint density at radius 2 is 1.96 bits per heavy atom. The van der Waals surface area contributed by atoms with E-state index in [-0.39, 0.29) is 10.8 Å². The highest BCUT2D eigenvalue weighted by atomic mass is 35.5. The van der Waals surface area contributed by atoms with Gasteiger partial charge in [-0.25, -0.2) is 0 Å². The molecule has 1 aliphatic rings. The van der Waals surface area contributed by atoms with Gasteiger partial charge in [-0.05, 0) is 36.8 Å². The van der Waals surface area contributed by atoms with Crippen molar-refractivity contribution in [3.8, 4) is 5.75 Å². The fourth-order valence-corrected chi connectivity index (χ4v) is 4.43. The summed E-state index contributed by atoms with van der Waals surface area (Å²) in [5.41, 5.74) is 0.887. The second kappa shape index (κ2) is 7.01. The number of methoxy groups -OCH3 is 1. The first-order chi connectivity index (χ1) is 11.9. The molecule has 1 aromatic carbocycles. The molecule has 1 aliphatic heterocycles. The SMILES string of the molecule is COc1ccc(CN2C(=O)[C@@H](C)[C@H]([N+](=O)[O-])C2c2ccc(Cl)s2)cc1. The van der Waals surface area contributed by atoms with Gasteiger partial charge in [-0.1, -0.05) is 23.7 Å². The molecule has 0 N–H and O–H groups in total. The van der Waals surface area contributed by atoms with Gasteiger partial charge in [-0.15, -0.1) is 11.3 Å². The van der Waals surface area contributed by atoms with E-state index in [1.54, 1.807) is 43.2 Å². The third-order valence-corrected chi connectivity index (χ3v) is 5.79. The highest BCUT2D eigenvalue weighted by Gasteiger charge is 2.54. The zero-order chi connectivity index (χ0) is 18.1. The van der Waals surface area contributed by atoms with Crippen LogP contribution >= 0.6 is 22.9 Å². The monoisotopic (exact) mass is 380 g/mol. The molecule has 1 aromatic heterocycles. The number of halogens is 1. The summed E-state index contributed by atoms with van der Waals surface area (Å²) in [6, 6.07) is 9.20. The summed E-state index contributed by atoms with van der Waals surface area (Å²) in [7, 11) is 1.58. The van der Waals surface area contributed by atoms with Crippen molar-refractivity contribution in [2.24, 2.45) is 5.92 Å². The maximum Gasteiger partial charge on any atom is 0.249 e. The van der Waals surface area contributed by atoms with Crippen molar-refractivity contribution >= 4 is 28.8 Å². The third kappa shape index (κ3) is 3.34. The van der Waals surface area contributed by atoms with Gasteiger partial charge in [0.1, 0.15) is 17.7 Å². The number of nitro groups is 1. The van der Waals surface area contributed by atoms with Crippen molar-refractivity contribution < 1.29 is 14.5 Å². The van der Waals surface area contributed by atoms with E-state index >= 15 is 0 Å². The minimum Gasteiger partial charge on any atom is -0.497 e. The lowest BCUT2D eigenvalue weighted by Crippen LogP contribution is -2.32. The van der Waals surface area contributed by atoms with Crippen LogP contribution in [0.2, 0.25) is 4.34 Å². The van der Waals surface area contributed by atoms with Gasteiger partial charge in [-0.2, -0.15) is 0 Å². The van der Waals surface area contributed by atoms with E-state index in [0.717, 1.165) is 16.2 Å². The van der Waals surface area contributed by atoms with E-state index in [4.69, 9.17) is 16.3 Å². The van der Waals surface area contributed by atoms with Gasteiger partial charge in [0.2, 0.25) is 11.9 Å². The number of rotatable bonds is 5. The zero-order valence-corrected chi connectivity index (χ0v) is 15.3. The minimum atomic E-state index is -0.986. The van der Waals surface area contributed by atoms with Crippen molar-refractivity contribution in [3.63, 3.8) is 0 Å². The minimum absolute atomic E-state index is 0.216. The number of nitrogens with zero attached hydrogens (tertiary/aromatic N) is 2. The summed E-state index contributed by atoms with van der Waals surface area (Å²) in [6.45, 7) is 1.92. The van der Waals surface area contributed by atoms with Crippen molar-refractivity contribution in [2.75, 3.05) is 7.11 Å². The van der Waals surface area contributed by atoms with Crippen LogP contribution in [0.4, 0.5) is 0 Å². The van der Waals surface area contributed by atoms with Crippen LogP contribution in [0.5, 0.6) is 5.75 Å². The largest absolute Gasteiger partial charge is 0.497 e. The molecule has 2 aromatic rings. The molecule has 3 atom stereocenters. The molecule has 1 unspecified atom stereocenters. The number of carbonyl (C=O) groups excluding carboxylic acids is 1. The lowest BCUT2D eigenvalue weighted by atomic mass is 10.00. The number of benzene rings is 1. The van der Waals surface area contributed by atoms with Crippen LogP contribution in [0.3, 0.4) is 0 Å². The quantitative estimate of drug-likeness (QED) is 0.584. The number of hydrogen-bond acceptors (Lipinski definition) is 5. The summed E-state index contributed by atoms with van der Waals surface area (Å²) in [5, 5.41) is 11.6. The standard InChI is InChI=1S/C17H17ClN2O4S/c1-10-15(20(22)23)16(13-7-8-14(18)25-13)19(17(10)21)9-11-3-5-12(24-2)6-4-11/h3-8,10,15-16H,9H2,1-2H3/t10-,15-,16?/m0/s1. The van der Waals surface area contributed by atoms with Gasteiger partial charge >= 0.3 is 0 Å². The van der Waals surface area contributed by atoms with Crippen LogP contribution < -0.4 is 4.74 Å². The molecular formula is C17H17ClN2O4S. The molecule has 0 aliphatic carbocycles. The zero-order valence-electron chi connectivity index (χ0n) is 13.7. The maximum atomic E-state index is 12.7. The van der Waals surface area contributed by atoms with Gasteiger partial charge in [-0.3, -0.25) is 14.9 Å². The van der Waals surface area contributed by atoms with Crippen LogP contribution in [0.15, 0.2) is 36.4 Å². The molecular weight excluding hydrogens is 364 g/mol. The van der Waals surface area contributed by atoms with E-state index in [0.29, 0.717) is 10.9 Å². The normalized spacial score (nSPS) is 23.1. The Morgan fingerprint density at radius 3 is 2.48 bits per heavy atom. The summed E-state index contributed by atoms with van der Waals surface area (Å²) in [4.78, 5) is 26.3. The Labute approximate surface area is 154 Å². The van der Waals surface area contributed by atoms with Crippen molar-refractivity contribution in [3.05, 3.63) is 61.3 Å². The lowest BCUT2D eigenvalue weighted by molar-refractivity contribution is -0.532. The second-order valence-electron chi connectivity index (χ2n) is 5.97. The van der Waals surface area contributed by atoms with Gasteiger partial charge in [0.25, 0.3) is 0 Å². The second-order valence-corrected chi connectivity index (χ2v) is 7.71. The van der Waals surface area contributed by atoms with Crippen LogP contribution in [0, 0.1) is 16.0 Å². The molecule has 25 heavy (non-hydrogen) atoms. The number of ether oxygens (including phenoxy) is 1. The Balaban J connectivity index is 1.95. The first kappa shape index (κ1) is 17.7. The number of thiophene rings is 1. The van der Waals surface area contributed by atoms with E-state index in [9.17, 15) is 14.9 Å². The van der Waals surface area contributed by atoms with Crippen molar-refractivity contribution in [1.82, 2.24) is 4.90 Å². The topological polar surface area (TPSA) is 72.7 Å². The van der Waals surface area contributed by atoms with Crippen molar-refractivity contribution in [2.45, 2.75) is 25.6 Å². The molecule has 1 amide bonds. The summed E-state index contributed by atoms with van der Waals surface area (Å²) in [6.07, 6.45) is 0. The molecule has 3 rings (SSSR count). The Hall–Kier alpha value is -2.12. The average Bonchev–Trinajstić information content (AvgIpc) is 3.12. The molecule has 0 radical (unpaired) electrons. The van der Waals surface area contributed by atoms with E-state index in [2.05, 4.69) is 0 Å². The molecule has 1 fully saturated rings. The number of amides is 1. The van der Waals surface area contributed by atoms with Crippen LogP contribution in [-0.4, -0.2) is 28.9 Å². The Kier molecular flexibility index (Phi) is 4.96. The third-order valence-electron chi connectivity index (χ3n) is 4.49. The van der Waals surface area contributed by atoms with Crippen LogP contribution in [0.1, 0.15) is 23.4 Å². The van der Waals surface area contributed by atoms with Gasteiger partial charge in [0, 0.05) is 16.3 Å². The smallest absolute Gasteiger partial charge is 0.249 e. The molecule has 2 heterocycles. The number of carbonyl (C=O) groups is 1. The van der Waals surface area contributed by atoms with Crippen LogP contribution in [0.25, 0.3) is 0 Å². The number of hydrogen-bond donors (Lipinski definition) is 0. The highest BCUT2D eigenvalue weighted by Crippen LogP contribution is 2.42. The summed E-state index contributed by atoms with van der Waals surface area (Å²) >= 11 is 7.29. The van der Waals surface area contributed by atoms with Crippen LogP contribution in [-0.2, 0) is 11.3 Å². The molecule has 1 saturated heterocycles. The summed E-state index contributed by atoms with van der Waals surface area (Å²) < 4.78 is 5.69. The lowest BCUT2D eigenvalue weighted by Gasteiger charge is -2.24. The first-order valence-corrected chi connectivity index (χ1v) is 8.94. The first-order valence-electron chi connectivity index (χ1n) is 7.74. The van der Waals surface area contributed by atoms with E-state index in [1.165, 1.54) is 11.3 Å². The molecule has 8 heteroatoms. The van der Waals surface area contributed by atoms with E-state index in [1.807, 2.05) is 12.1 Å². The maximum absolute atomic E-state index is 12.7. The van der Waals surface area contributed by atoms with Gasteiger partial charge < -0.3 is 9.64 Å². The Bertz CT molecular complexity index is 792.